The Bertz CT molecular complexity index is 2280. The molecule has 0 aliphatic heterocycles. The Morgan fingerprint density at radius 2 is 0.630 bits per heavy atom. The van der Waals surface area contributed by atoms with Gasteiger partial charge >= 0.3 is 0 Å². The topological polar surface area (TPSA) is 121 Å². The predicted molar refractivity (Wildman–Crippen MR) is 216 cm³/mol. The molecule has 6 rings (SSSR count). The number of hydrogen-bond acceptors (Lipinski definition) is 8. The molecule has 0 atom stereocenters. The lowest BCUT2D eigenvalue weighted by atomic mass is 10.0. The maximum atomic E-state index is 13.2. The molecule has 0 spiro atoms. The third-order valence-corrected chi connectivity index (χ3v) is 9.65. The van der Waals surface area contributed by atoms with Gasteiger partial charge in [0.1, 0.15) is 23.0 Å². The molecule has 0 amide bonds. The Balaban J connectivity index is 1.12. The zero-order valence-corrected chi connectivity index (χ0v) is 33.8. The number of ether oxygens (including phenoxy) is 2. The monoisotopic (exact) mass is 970 g/mol. The lowest BCUT2D eigenvalue weighted by Crippen LogP contribution is -2.15. The van der Waals surface area contributed by atoms with E-state index in [1.54, 1.807) is 72.8 Å². The van der Waals surface area contributed by atoms with Crippen LogP contribution < -0.4 is 9.47 Å². The molecule has 0 aliphatic rings. The van der Waals surface area contributed by atoms with Gasteiger partial charge in [-0.05, 0) is 109 Å². The largest absolute Gasteiger partial charge is 0.457 e. The molecule has 12 heteroatoms. The van der Waals surface area contributed by atoms with Crippen molar-refractivity contribution in [1.29, 1.82) is 0 Å². The molecule has 0 N–H and O–H groups in total. The summed E-state index contributed by atoms with van der Waals surface area (Å²) in [6.45, 7) is 0. The van der Waals surface area contributed by atoms with Crippen molar-refractivity contribution in [2.75, 3.05) is 0 Å². The van der Waals surface area contributed by atoms with Gasteiger partial charge in [-0.2, -0.15) is 0 Å². The first-order chi connectivity index (χ1) is 25.9. The van der Waals surface area contributed by atoms with E-state index in [9.17, 15) is 28.8 Å². The zero-order chi connectivity index (χ0) is 38.5. The van der Waals surface area contributed by atoms with Gasteiger partial charge in [0.05, 0.1) is 11.1 Å². The molecule has 8 nitrogen and oxygen atoms in total. The van der Waals surface area contributed by atoms with Gasteiger partial charge in [-0.25, -0.2) is 0 Å². The second-order valence-corrected chi connectivity index (χ2v) is 15.2. The highest BCUT2D eigenvalue weighted by molar-refractivity contribution is 9.11. The van der Waals surface area contributed by atoms with Crippen molar-refractivity contribution in [2.45, 2.75) is 0 Å². The summed E-state index contributed by atoms with van der Waals surface area (Å²) in [4.78, 5) is 78.8. The third kappa shape index (κ3) is 8.96. The second kappa shape index (κ2) is 16.9. The molecular formula is C42H22Br4O8. The van der Waals surface area contributed by atoms with E-state index in [0.29, 0.717) is 17.9 Å². The number of rotatable bonds is 13. The van der Waals surface area contributed by atoms with E-state index in [0.717, 1.165) is 0 Å². The molecule has 266 valence electrons. The summed E-state index contributed by atoms with van der Waals surface area (Å²) in [7, 11) is 0. The van der Waals surface area contributed by atoms with E-state index >= 15 is 0 Å². The van der Waals surface area contributed by atoms with Gasteiger partial charge in [-0.3, -0.25) is 28.8 Å². The van der Waals surface area contributed by atoms with Gasteiger partial charge < -0.3 is 9.47 Å². The molecule has 0 aliphatic carbocycles. The van der Waals surface area contributed by atoms with Crippen molar-refractivity contribution in [3.63, 3.8) is 0 Å². The lowest BCUT2D eigenvalue weighted by molar-refractivity contribution is 0.0815. The van der Waals surface area contributed by atoms with Gasteiger partial charge in [0.25, 0.3) is 0 Å². The minimum atomic E-state index is -0.773. The molecule has 0 saturated carbocycles. The first-order valence-electron chi connectivity index (χ1n) is 15.8. The highest BCUT2D eigenvalue weighted by atomic mass is 79.9. The van der Waals surface area contributed by atoms with Crippen LogP contribution in [0.2, 0.25) is 0 Å². The number of benzene rings is 6. The van der Waals surface area contributed by atoms with Gasteiger partial charge in [-0.15, -0.1) is 0 Å². The molecule has 0 unspecified atom stereocenters. The Morgan fingerprint density at radius 3 is 0.963 bits per heavy atom. The fourth-order valence-electron chi connectivity index (χ4n) is 5.23. The predicted octanol–water partition coefficient (Wildman–Crippen LogP) is 11.5. The molecule has 0 fully saturated rings. The van der Waals surface area contributed by atoms with Crippen molar-refractivity contribution in [2.24, 2.45) is 0 Å². The first kappa shape index (κ1) is 38.6. The SMILES string of the molecule is O=C(C(=O)c1ccc(Oc2ccccc2C(=O)C(=O)c2cc(Br)cc(Br)c2)cc1)c1ccc(Oc2ccccc2C(=O)C(=O)c2cc(Br)cc(Br)c2)cc1. The summed E-state index contributed by atoms with van der Waals surface area (Å²) in [5.41, 5.74) is 0.700. The van der Waals surface area contributed by atoms with Crippen LogP contribution in [0, 0.1) is 0 Å². The number of carbonyl (C=O) groups is 6. The minimum Gasteiger partial charge on any atom is -0.457 e. The Labute approximate surface area is 342 Å². The van der Waals surface area contributed by atoms with Gasteiger partial charge in [0, 0.05) is 40.1 Å². The third-order valence-electron chi connectivity index (χ3n) is 7.82. The van der Waals surface area contributed by atoms with Crippen LogP contribution in [0.25, 0.3) is 0 Å². The van der Waals surface area contributed by atoms with Gasteiger partial charge in [0.2, 0.25) is 34.7 Å². The number of para-hydroxylation sites is 2. The summed E-state index contributed by atoms with van der Waals surface area (Å²) in [6, 6.07) is 33.9. The van der Waals surface area contributed by atoms with Crippen LogP contribution in [-0.4, -0.2) is 34.7 Å². The van der Waals surface area contributed by atoms with Crippen molar-refractivity contribution in [3.8, 4) is 23.0 Å². The number of Topliss-reactive ketones (excluding diaryl/α,β-unsaturated/α-hetero) is 6. The number of hydrogen-bond donors (Lipinski definition) is 0. The molecule has 0 saturated heterocycles. The number of halogens is 4. The maximum absolute atomic E-state index is 13.2. The fourth-order valence-corrected chi connectivity index (χ4v) is 7.82. The van der Waals surface area contributed by atoms with Crippen molar-refractivity contribution >= 4 is 98.4 Å². The van der Waals surface area contributed by atoms with Gasteiger partial charge in [-0.1, -0.05) is 88.0 Å². The Morgan fingerprint density at radius 1 is 0.333 bits per heavy atom. The Hall–Kier alpha value is -5.14. The smallest absolute Gasteiger partial charge is 0.237 e. The molecular weight excluding hydrogens is 952 g/mol. The molecule has 6 aromatic carbocycles. The number of ketones is 6. The first-order valence-corrected chi connectivity index (χ1v) is 19.0. The molecule has 54 heavy (non-hydrogen) atoms. The van der Waals surface area contributed by atoms with Crippen molar-refractivity contribution < 1.29 is 38.2 Å². The van der Waals surface area contributed by atoms with E-state index in [1.165, 1.54) is 60.7 Å². The summed E-state index contributed by atoms with van der Waals surface area (Å²) >= 11 is 13.3. The molecule has 0 aromatic heterocycles. The summed E-state index contributed by atoms with van der Waals surface area (Å²) in [6.07, 6.45) is 0. The fraction of sp³-hybridized carbons (Fsp3) is 0. The molecule has 0 heterocycles. The van der Waals surface area contributed by atoms with Crippen LogP contribution in [-0.2, 0) is 0 Å². The normalized spacial score (nSPS) is 10.7. The van der Waals surface area contributed by atoms with E-state index in [1.807, 2.05) is 0 Å². The second-order valence-electron chi connectivity index (χ2n) is 11.5. The minimum absolute atomic E-state index is 0.0545. The van der Waals surface area contributed by atoms with Crippen LogP contribution in [0.3, 0.4) is 0 Å². The van der Waals surface area contributed by atoms with Crippen molar-refractivity contribution in [1.82, 2.24) is 0 Å². The summed E-state index contributed by atoms with van der Waals surface area (Å²) in [5.74, 6) is -3.70. The molecule has 0 radical (unpaired) electrons. The molecule has 0 bridgehead atoms. The average molecular weight is 974 g/mol. The highest BCUT2D eigenvalue weighted by Crippen LogP contribution is 2.30. The van der Waals surface area contributed by atoms with Crippen LogP contribution in [0.15, 0.2) is 151 Å². The van der Waals surface area contributed by atoms with E-state index < -0.39 is 34.7 Å². The lowest BCUT2D eigenvalue weighted by Gasteiger charge is -2.11. The van der Waals surface area contributed by atoms with E-state index in [2.05, 4.69) is 63.7 Å². The summed E-state index contributed by atoms with van der Waals surface area (Å²) in [5, 5.41) is 0. The highest BCUT2D eigenvalue weighted by Gasteiger charge is 2.25. The standard InChI is InChI=1S/C42H22Br4O8/c43-27-17-25(18-28(44)21-27)39(49)41(51)33-5-1-3-7-35(33)53-31-13-9-23(10-14-31)37(47)38(48)24-11-15-32(16-12-24)54-36-8-4-2-6-34(36)42(52)40(50)26-19-29(45)22-30(46)20-26/h1-22H. The zero-order valence-electron chi connectivity index (χ0n) is 27.5. The van der Waals surface area contributed by atoms with Crippen LogP contribution in [0.4, 0.5) is 0 Å². The molecule has 6 aromatic rings. The maximum Gasteiger partial charge on any atom is 0.237 e. The average Bonchev–Trinajstić information content (AvgIpc) is 3.16. The summed E-state index contributed by atoms with van der Waals surface area (Å²) < 4.78 is 14.4. The van der Waals surface area contributed by atoms with E-state index in [-0.39, 0.29) is 56.4 Å². The Kier molecular flexibility index (Phi) is 12.1. The van der Waals surface area contributed by atoms with Gasteiger partial charge in [0.15, 0.2) is 0 Å². The van der Waals surface area contributed by atoms with Crippen LogP contribution in [0.1, 0.15) is 62.1 Å². The van der Waals surface area contributed by atoms with E-state index in [4.69, 9.17) is 9.47 Å². The van der Waals surface area contributed by atoms with Crippen molar-refractivity contribution in [3.05, 3.63) is 185 Å². The van der Waals surface area contributed by atoms with Crippen LogP contribution in [0.5, 0.6) is 23.0 Å². The van der Waals surface area contributed by atoms with Crippen LogP contribution >= 0.6 is 63.7 Å². The number of carbonyl (C=O) groups excluding carboxylic acids is 6. The quantitative estimate of drug-likeness (QED) is 0.0829.